The summed E-state index contributed by atoms with van der Waals surface area (Å²) in [6.45, 7) is 0. The molecule has 0 saturated heterocycles. The molecule has 3 rings (SSSR count). The Bertz CT molecular complexity index is 1040. The lowest BCUT2D eigenvalue weighted by molar-refractivity contribution is -0.139. The Labute approximate surface area is 201 Å². The number of allylic oxidation sites excluding steroid dienone is 1. The second kappa shape index (κ2) is 9.49. The van der Waals surface area contributed by atoms with E-state index in [1.54, 1.807) is 0 Å². The molecule has 1 unspecified atom stereocenters. The van der Waals surface area contributed by atoms with Crippen molar-refractivity contribution in [2.24, 2.45) is 5.41 Å². The molecule has 1 atom stereocenters. The Balaban J connectivity index is 1.84. The highest BCUT2D eigenvalue weighted by Crippen LogP contribution is 2.54. The molecule has 1 nitrogen and oxygen atoms in total. The molecular weight excluding hydrogens is 517 g/mol. The van der Waals surface area contributed by atoms with E-state index in [0.717, 1.165) is 18.2 Å². The van der Waals surface area contributed by atoms with E-state index in [4.69, 9.17) is 46.4 Å². The van der Waals surface area contributed by atoms with Gasteiger partial charge in [-0.15, -0.1) is 0 Å². The first-order valence-electron chi connectivity index (χ1n) is 9.34. The number of hydrogen-bond donors (Lipinski definition) is 0. The van der Waals surface area contributed by atoms with Crippen LogP contribution >= 0.6 is 46.4 Å². The summed E-state index contributed by atoms with van der Waals surface area (Å²) in [5.74, 6) is -2.56. The van der Waals surface area contributed by atoms with Crippen LogP contribution < -0.4 is 0 Å². The third-order valence-corrected chi connectivity index (χ3v) is 6.87. The van der Waals surface area contributed by atoms with Crippen molar-refractivity contribution in [3.63, 3.8) is 0 Å². The van der Waals surface area contributed by atoms with Crippen molar-refractivity contribution in [3.8, 4) is 0 Å². The predicted molar refractivity (Wildman–Crippen MR) is 117 cm³/mol. The molecule has 1 saturated carbocycles. The van der Waals surface area contributed by atoms with Crippen LogP contribution in [0.1, 0.15) is 46.7 Å². The molecule has 2 aromatic carbocycles. The maximum atomic E-state index is 13.6. The minimum absolute atomic E-state index is 0.0247. The normalized spacial score (nSPS) is 16.6. The monoisotopic (exact) mass is 530 g/mol. The minimum Gasteiger partial charge on any atom is -0.294 e. The Morgan fingerprint density at radius 3 is 2.06 bits per heavy atom. The van der Waals surface area contributed by atoms with E-state index < -0.39 is 29.7 Å². The molecule has 1 aliphatic rings. The average molecular weight is 532 g/mol. The van der Waals surface area contributed by atoms with E-state index in [1.807, 2.05) is 0 Å². The van der Waals surface area contributed by atoms with Gasteiger partial charge in [-0.1, -0.05) is 64.6 Å². The summed E-state index contributed by atoms with van der Waals surface area (Å²) in [4.78, 5) is 12.4. The van der Waals surface area contributed by atoms with Crippen molar-refractivity contribution in [2.45, 2.75) is 37.8 Å². The highest BCUT2D eigenvalue weighted by atomic mass is 35.5. The summed E-state index contributed by atoms with van der Waals surface area (Å²) < 4.78 is 67.1. The molecule has 0 amide bonds. The number of carbonyl (C=O) groups excluding carboxylic acids is 1. The van der Waals surface area contributed by atoms with E-state index in [0.29, 0.717) is 5.56 Å². The fourth-order valence-corrected chi connectivity index (χ4v) is 4.19. The third kappa shape index (κ3) is 5.58. The summed E-state index contributed by atoms with van der Waals surface area (Å²) in [5.41, 5.74) is -1.14. The lowest BCUT2D eigenvalue weighted by Gasteiger charge is -2.18. The standard InChI is InChI=1S/C22H15Cl4F5O/c23-15-7-11(1-3-13(15)18(32)10-21(5-6-21)20(27)28)2-4-14(22(29,30)31)12-8-16(24)19(26)17(25)9-12/h1-4,7-9,14,20H,5-6,10H2/b4-2+. The Kier molecular flexibility index (Phi) is 7.50. The third-order valence-electron chi connectivity index (χ3n) is 5.36. The minimum atomic E-state index is -4.65. The van der Waals surface area contributed by atoms with Crippen LogP contribution in [-0.4, -0.2) is 18.4 Å². The lowest BCUT2D eigenvalue weighted by atomic mass is 9.94. The maximum Gasteiger partial charge on any atom is 0.399 e. The van der Waals surface area contributed by atoms with Crippen molar-refractivity contribution >= 4 is 58.3 Å². The largest absolute Gasteiger partial charge is 0.399 e. The average Bonchev–Trinajstić information content (AvgIpc) is 3.46. The van der Waals surface area contributed by atoms with Gasteiger partial charge in [0.05, 0.1) is 26.0 Å². The first-order chi connectivity index (χ1) is 14.8. The number of alkyl halides is 5. The molecule has 0 N–H and O–H groups in total. The highest BCUT2D eigenvalue weighted by Gasteiger charge is 2.52. The van der Waals surface area contributed by atoms with E-state index in [2.05, 4.69) is 0 Å². The number of halogens is 9. The van der Waals surface area contributed by atoms with Crippen LogP contribution in [0.2, 0.25) is 20.1 Å². The number of rotatable bonds is 7. The Morgan fingerprint density at radius 2 is 1.59 bits per heavy atom. The summed E-state index contributed by atoms with van der Waals surface area (Å²) in [5, 5.41) is -0.294. The first kappa shape index (κ1) is 25.3. The van der Waals surface area contributed by atoms with Crippen molar-refractivity contribution in [1.29, 1.82) is 0 Å². The molecule has 0 bridgehead atoms. The number of hydrogen-bond acceptors (Lipinski definition) is 1. The van der Waals surface area contributed by atoms with Gasteiger partial charge in [-0.3, -0.25) is 4.79 Å². The van der Waals surface area contributed by atoms with Crippen LogP contribution in [0.3, 0.4) is 0 Å². The second-order valence-corrected chi connectivity index (χ2v) is 9.28. The molecule has 2 aromatic rings. The molecule has 172 valence electrons. The molecule has 0 spiro atoms. The number of ketones is 1. The molecule has 0 heterocycles. The van der Waals surface area contributed by atoms with Gasteiger partial charge >= 0.3 is 6.18 Å². The smallest absolute Gasteiger partial charge is 0.294 e. The van der Waals surface area contributed by atoms with Crippen molar-refractivity contribution in [3.05, 3.63) is 73.2 Å². The Hall–Kier alpha value is -1.34. The summed E-state index contributed by atoms with van der Waals surface area (Å²) in [6, 6.07) is 6.20. The van der Waals surface area contributed by atoms with Crippen LogP contribution in [0, 0.1) is 5.41 Å². The summed E-state index contributed by atoms with van der Waals surface area (Å²) >= 11 is 23.7. The molecule has 1 fully saturated rings. The van der Waals surface area contributed by atoms with Gasteiger partial charge in [-0.2, -0.15) is 13.2 Å². The van der Waals surface area contributed by atoms with E-state index in [1.165, 1.54) is 24.3 Å². The summed E-state index contributed by atoms with van der Waals surface area (Å²) in [6.07, 6.45) is -4.94. The SMILES string of the molecule is O=C(CC1(C(F)F)CC1)c1ccc(/C=C/C(c2cc(Cl)c(Cl)c(Cl)c2)C(F)(F)F)cc1Cl. The maximum absolute atomic E-state index is 13.6. The zero-order valence-electron chi connectivity index (χ0n) is 16.1. The van der Waals surface area contributed by atoms with Gasteiger partial charge in [0.15, 0.2) is 5.78 Å². The number of benzene rings is 2. The van der Waals surface area contributed by atoms with Crippen LogP contribution in [0.5, 0.6) is 0 Å². The van der Waals surface area contributed by atoms with Gasteiger partial charge in [-0.25, -0.2) is 8.78 Å². The zero-order chi connectivity index (χ0) is 23.8. The Morgan fingerprint density at radius 1 is 1.00 bits per heavy atom. The van der Waals surface area contributed by atoms with Crippen LogP contribution in [0.25, 0.3) is 6.08 Å². The second-order valence-electron chi connectivity index (χ2n) is 7.68. The van der Waals surface area contributed by atoms with Crippen molar-refractivity contribution < 1.29 is 26.7 Å². The number of Topliss-reactive ketones (excluding diaryl/α,β-unsaturated/α-hetero) is 1. The van der Waals surface area contributed by atoms with Crippen LogP contribution in [0.15, 0.2) is 36.4 Å². The van der Waals surface area contributed by atoms with Crippen LogP contribution in [-0.2, 0) is 0 Å². The van der Waals surface area contributed by atoms with Crippen LogP contribution in [0.4, 0.5) is 22.0 Å². The van der Waals surface area contributed by atoms with Gasteiger partial charge in [-0.05, 0) is 48.2 Å². The number of carbonyl (C=O) groups is 1. The van der Waals surface area contributed by atoms with E-state index in [-0.39, 0.29) is 50.5 Å². The molecule has 10 heteroatoms. The fraction of sp³-hybridized carbons (Fsp3) is 0.318. The van der Waals surface area contributed by atoms with Crippen molar-refractivity contribution in [1.82, 2.24) is 0 Å². The van der Waals surface area contributed by atoms with Gasteiger partial charge in [0.25, 0.3) is 0 Å². The topological polar surface area (TPSA) is 17.1 Å². The molecule has 1 aliphatic carbocycles. The summed E-state index contributed by atoms with van der Waals surface area (Å²) in [7, 11) is 0. The van der Waals surface area contributed by atoms with E-state index >= 15 is 0 Å². The molecule has 32 heavy (non-hydrogen) atoms. The van der Waals surface area contributed by atoms with Gasteiger partial charge in [0.1, 0.15) is 0 Å². The zero-order valence-corrected chi connectivity index (χ0v) is 19.2. The van der Waals surface area contributed by atoms with Gasteiger partial charge in [0.2, 0.25) is 6.43 Å². The quantitative estimate of drug-likeness (QED) is 0.197. The fourth-order valence-electron chi connectivity index (χ4n) is 3.28. The lowest BCUT2D eigenvalue weighted by Crippen LogP contribution is -2.19. The molecular formula is C22H15Cl4F5O. The molecule has 0 radical (unpaired) electrons. The molecule has 0 aliphatic heterocycles. The van der Waals surface area contributed by atoms with Gasteiger partial charge < -0.3 is 0 Å². The first-order valence-corrected chi connectivity index (χ1v) is 10.9. The van der Waals surface area contributed by atoms with Crippen molar-refractivity contribution in [2.75, 3.05) is 0 Å². The van der Waals surface area contributed by atoms with E-state index in [9.17, 15) is 26.7 Å². The predicted octanol–water partition coefficient (Wildman–Crippen LogP) is 9.28. The van der Waals surface area contributed by atoms with Gasteiger partial charge in [0, 0.05) is 17.4 Å². The molecule has 0 aromatic heterocycles. The highest BCUT2D eigenvalue weighted by molar-refractivity contribution is 6.48.